The van der Waals surface area contributed by atoms with Gasteiger partial charge in [0.05, 0.1) is 6.04 Å². The summed E-state index contributed by atoms with van der Waals surface area (Å²) in [5, 5.41) is 0. The van der Waals surface area contributed by atoms with Gasteiger partial charge in [-0.3, -0.25) is 4.79 Å². The van der Waals surface area contributed by atoms with Crippen LogP contribution in [0.4, 0.5) is 0 Å². The summed E-state index contributed by atoms with van der Waals surface area (Å²) in [4.78, 5) is 13.6. The minimum atomic E-state index is -0.509. The first-order chi connectivity index (χ1) is 6.65. The van der Waals surface area contributed by atoms with Gasteiger partial charge in [0.25, 0.3) is 0 Å². The van der Waals surface area contributed by atoms with E-state index in [2.05, 4.69) is 12.8 Å². The Morgan fingerprint density at radius 3 is 3.07 bits per heavy atom. The molecule has 1 fully saturated rings. The van der Waals surface area contributed by atoms with E-state index < -0.39 is 6.04 Å². The predicted octanol–water partition coefficient (Wildman–Crippen LogP) is 0.595. The van der Waals surface area contributed by atoms with Crippen molar-refractivity contribution < 1.29 is 4.79 Å². The van der Waals surface area contributed by atoms with Crippen molar-refractivity contribution in [2.24, 2.45) is 11.7 Å². The molecule has 0 saturated carbocycles. The Morgan fingerprint density at radius 1 is 1.79 bits per heavy atom. The molecule has 2 N–H and O–H groups in total. The molecule has 3 nitrogen and oxygen atoms in total. The Balaban J connectivity index is 2.47. The van der Waals surface area contributed by atoms with Crippen LogP contribution < -0.4 is 5.73 Å². The molecule has 0 radical (unpaired) electrons. The van der Waals surface area contributed by atoms with Crippen LogP contribution in [0.25, 0.3) is 0 Å². The number of terminal acetylenes is 1. The molecule has 1 rings (SSSR count). The topological polar surface area (TPSA) is 46.3 Å². The average Bonchev–Trinajstić information content (AvgIpc) is 2.17. The predicted molar refractivity (Wildman–Crippen MR) is 56.4 cm³/mol. The summed E-state index contributed by atoms with van der Waals surface area (Å²) in [5.74, 6) is 3.02. The van der Waals surface area contributed by atoms with E-state index in [9.17, 15) is 4.79 Å². The quantitative estimate of drug-likeness (QED) is 0.654. The lowest BCUT2D eigenvalue weighted by Crippen LogP contribution is -2.47. The standard InChI is InChI=1S/C11H18N2O/c1-3-5-10(12)11(14)13-7-4-6-9(2)8-13/h1,9-10H,4-8,12H2,2H3. The zero-order chi connectivity index (χ0) is 10.6. The molecule has 2 atom stereocenters. The third-order valence-corrected chi connectivity index (χ3v) is 2.62. The summed E-state index contributed by atoms with van der Waals surface area (Å²) in [6, 6.07) is -0.509. The number of rotatable bonds is 2. The Hall–Kier alpha value is -1.01. The summed E-state index contributed by atoms with van der Waals surface area (Å²) in [6.45, 7) is 3.82. The van der Waals surface area contributed by atoms with Crippen LogP contribution in [0.15, 0.2) is 0 Å². The van der Waals surface area contributed by atoms with E-state index in [-0.39, 0.29) is 5.91 Å². The molecule has 0 aromatic rings. The van der Waals surface area contributed by atoms with Gasteiger partial charge in [-0.1, -0.05) is 6.92 Å². The van der Waals surface area contributed by atoms with Gasteiger partial charge < -0.3 is 10.6 Å². The molecule has 1 amide bonds. The molecular weight excluding hydrogens is 176 g/mol. The molecule has 0 aromatic carbocycles. The van der Waals surface area contributed by atoms with E-state index in [1.54, 1.807) is 0 Å². The highest BCUT2D eigenvalue weighted by Gasteiger charge is 2.24. The second-order valence-corrected chi connectivity index (χ2v) is 4.05. The highest BCUT2D eigenvalue weighted by Crippen LogP contribution is 2.16. The summed E-state index contributed by atoms with van der Waals surface area (Å²) in [5.41, 5.74) is 5.67. The molecule has 0 aromatic heterocycles. The number of nitrogens with zero attached hydrogens (tertiary/aromatic N) is 1. The van der Waals surface area contributed by atoms with Crippen LogP contribution in [0.3, 0.4) is 0 Å². The molecule has 14 heavy (non-hydrogen) atoms. The Morgan fingerprint density at radius 2 is 2.50 bits per heavy atom. The Labute approximate surface area is 85.6 Å². The molecule has 0 bridgehead atoms. The van der Waals surface area contributed by atoms with Crippen molar-refractivity contribution in [2.45, 2.75) is 32.2 Å². The second kappa shape index (κ2) is 5.02. The maximum Gasteiger partial charge on any atom is 0.240 e. The van der Waals surface area contributed by atoms with E-state index in [0.29, 0.717) is 12.3 Å². The average molecular weight is 194 g/mol. The molecule has 78 valence electrons. The molecule has 1 aliphatic heterocycles. The first-order valence-corrected chi connectivity index (χ1v) is 5.13. The zero-order valence-electron chi connectivity index (χ0n) is 8.70. The van der Waals surface area contributed by atoms with E-state index in [1.807, 2.05) is 4.90 Å². The van der Waals surface area contributed by atoms with E-state index in [4.69, 9.17) is 12.2 Å². The first-order valence-electron chi connectivity index (χ1n) is 5.13. The van der Waals surface area contributed by atoms with Crippen LogP contribution in [0, 0.1) is 18.3 Å². The smallest absolute Gasteiger partial charge is 0.240 e. The van der Waals surface area contributed by atoms with Gasteiger partial charge in [-0.15, -0.1) is 12.3 Å². The minimum absolute atomic E-state index is 0.00880. The SMILES string of the molecule is C#CCC(N)C(=O)N1CCCC(C)C1. The summed E-state index contributed by atoms with van der Waals surface area (Å²) < 4.78 is 0. The second-order valence-electron chi connectivity index (χ2n) is 4.05. The van der Waals surface area contributed by atoms with Crippen LogP contribution in [-0.4, -0.2) is 29.9 Å². The van der Waals surface area contributed by atoms with Gasteiger partial charge in [0.15, 0.2) is 0 Å². The Kier molecular flexibility index (Phi) is 3.97. The highest BCUT2D eigenvalue weighted by molar-refractivity contribution is 5.82. The molecule has 3 heteroatoms. The molecule has 2 unspecified atom stereocenters. The molecule has 1 aliphatic rings. The van der Waals surface area contributed by atoms with Gasteiger partial charge in [0.2, 0.25) is 5.91 Å². The highest BCUT2D eigenvalue weighted by atomic mass is 16.2. The van der Waals surface area contributed by atoms with Crippen LogP contribution in [-0.2, 0) is 4.79 Å². The number of carbonyl (C=O) groups is 1. The fourth-order valence-electron chi connectivity index (χ4n) is 1.84. The number of amides is 1. The van der Waals surface area contributed by atoms with Crippen molar-refractivity contribution in [3.05, 3.63) is 0 Å². The van der Waals surface area contributed by atoms with Gasteiger partial charge in [0, 0.05) is 19.5 Å². The normalized spacial score (nSPS) is 24.1. The maximum absolute atomic E-state index is 11.7. The van der Waals surface area contributed by atoms with Crippen LogP contribution in [0.5, 0.6) is 0 Å². The third-order valence-electron chi connectivity index (χ3n) is 2.62. The Bertz CT molecular complexity index is 244. The first kappa shape index (κ1) is 11.1. The van der Waals surface area contributed by atoms with Gasteiger partial charge >= 0.3 is 0 Å². The van der Waals surface area contributed by atoms with Gasteiger partial charge in [-0.2, -0.15) is 0 Å². The number of nitrogens with two attached hydrogens (primary N) is 1. The molecule has 0 aliphatic carbocycles. The summed E-state index contributed by atoms with van der Waals surface area (Å²) in [7, 11) is 0. The van der Waals surface area contributed by atoms with Crippen molar-refractivity contribution in [2.75, 3.05) is 13.1 Å². The molecule has 0 spiro atoms. The van der Waals surface area contributed by atoms with Crippen LogP contribution in [0.2, 0.25) is 0 Å². The van der Waals surface area contributed by atoms with E-state index in [0.717, 1.165) is 19.5 Å². The number of hydrogen-bond donors (Lipinski definition) is 1. The lowest BCUT2D eigenvalue weighted by molar-refractivity contribution is -0.134. The summed E-state index contributed by atoms with van der Waals surface area (Å²) in [6.07, 6.45) is 7.74. The maximum atomic E-state index is 11.7. The fourth-order valence-corrected chi connectivity index (χ4v) is 1.84. The van der Waals surface area contributed by atoms with Crippen molar-refractivity contribution in [3.8, 4) is 12.3 Å². The van der Waals surface area contributed by atoms with Gasteiger partial charge in [0.1, 0.15) is 0 Å². The van der Waals surface area contributed by atoms with Gasteiger partial charge in [-0.05, 0) is 18.8 Å². The number of piperidine rings is 1. The van der Waals surface area contributed by atoms with E-state index in [1.165, 1.54) is 6.42 Å². The van der Waals surface area contributed by atoms with Gasteiger partial charge in [-0.25, -0.2) is 0 Å². The number of likely N-dealkylation sites (tertiary alicyclic amines) is 1. The number of hydrogen-bond acceptors (Lipinski definition) is 2. The lowest BCUT2D eigenvalue weighted by atomic mass is 9.99. The van der Waals surface area contributed by atoms with Crippen molar-refractivity contribution >= 4 is 5.91 Å². The lowest BCUT2D eigenvalue weighted by Gasteiger charge is -2.32. The molecular formula is C11H18N2O. The summed E-state index contributed by atoms with van der Waals surface area (Å²) >= 11 is 0. The zero-order valence-corrected chi connectivity index (χ0v) is 8.70. The number of carbonyl (C=O) groups excluding carboxylic acids is 1. The van der Waals surface area contributed by atoms with Crippen molar-refractivity contribution in [1.29, 1.82) is 0 Å². The van der Waals surface area contributed by atoms with Crippen molar-refractivity contribution in [1.82, 2.24) is 4.90 Å². The third kappa shape index (κ3) is 2.74. The van der Waals surface area contributed by atoms with E-state index >= 15 is 0 Å². The van der Waals surface area contributed by atoms with Crippen LogP contribution in [0.1, 0.15) is 26.2 Å². The van der Waals surface area contributed by atoms with Crippen molar-refractivity contribution in [3.63, 3.8) is 0 Å². The van der Waals surface area contributed by atoms with Crippen LogP contribution >= 0.6 is 0 Å². The molecule has 1 heterocycles. The molecule has 1 saturated heterocycles. The monoisotopic (exact) mass is 194 g/mol. The minimum Gasteiger partial charge on any atom is -0.341 e. The fraction of sp³-hybridized carbons (Fsp3) is 0.727. The largest absolute Gasteiger partial charge is 0.341 e.